The van der Waals surface area contributed by atoms with Crippen LogP contribution < -0.4 is 9.47 Å². The number of carbonyl (C=O) groups is 2. The number of methoxy groups -OCH3 is 2. The summed E-state index contributed by atoms with van der Waals surface area (Å²) in [6, 6.07) is 11.0. The average Bonchev–Trinajstić information content (AvgIpc) is 3.35. The Bertz CT molecular complexity index is 1300. The molecule has 1 aliphatic rings. The Labute approximate surface area is 201 Å². The third-order valence-corrected chi connectivity index (χ3v) is 5.98. The van der Waals surface area contributed by atoms with Crippen molar-refractivity contribution in [3.05, 3.63) is 70.1 Å². The van der Waals surface area contributed by atoms with Gasteiger partial charge in [0.2, 0.25) is 5.78 Å². The van der Waals surface area contributed by atoms with Gasteiger partial charge in [0.05, 0.1) is 25.8 Å². The number of Topliss-reactive ketones (excluding diaryl/α,β-unsaturated/α-hetero) is 1. The van der Waals surface area contributed by atoms with Crippen LogP contribution in [0.15, 0.2) is 58.2 Å². The van der Waals surface area contributed by atoms with Crippen LogP contribution in [0.4, 0.5) is 0 Å². The van der Waals surface area contributed by atoms with Crippen molar-refractivity contribution in [3.63, 3.8) is 0 Å². The first-order valence-corrected chi connectivity index (χ1v) is 11.0. The lowest BCUT2D eigenvalue weighted by Crippen LogP contribution is -2.36. The summed E-state index contributed by atoms with van der Waals surface area (Å²) in [5, 5.41) is 11.9. The number of ether oxygens (including phenoxy) is 2. The molecule has 178 valence electrons. The molecule has 1 N–H and O–H groups in total. The Hall–Kier alpha value is -3.49. The Morgan fingerprint density at radius 3 is 2.53 bits per heavy atom. The number of furan rings is 1. The number of likely N-dealkylation sites (N-methyl/N-ethyl adjacent to an activating group) is 1. The number of hydrogen-bond acceptors (Lipinski definition) is 7. The quantitative estimate of drug-likeness (QED) is 0.478. The van der Waals surface area contributed by atoms with Crippen molar-refractivity contribution < 1.29 is 28.6 Å². The lowest BCUT2D eigenvalue weighted by atomic mass is 9.94. The average molecular weight is 485 g/mol. The molecule has 1 aliphatic heterocycles. The van der Waals surface area contributed by atoms with Crippen LogP contribution in [0.1, 0.15) is 22.2 Å². The second-order valence-electron chi connectivity index (χ2n) is 8.17. The van der Waals surface area contributed by atoms with Gasteiger partial charge in [0, 0.05) is 35.1 Å². The largest absolute Gasteiger partial charge is 0.503 e. The fraction of sp³-hybridized carbons (Fsp3) is 0.280. The molecule has 1 atom stereocenters. The third kappa shape index (κ3) is 4.10. The van der Waals surface area contributed by atoms with E-state index in [0.29, 0.717) is 46.1 Å². The molecule has 0 radical (unpaired) electrons. The van der Waals surface area contributed by atoms with Gasteiger partial charge in [-0.1, -0.05) is 29.8 Å². The van der Waals surface area contributed by atoms with E-state index < -0.39 is 23.5 Å². The summed E-state index contributed by atoms with van der Waals surface area (Å²) in [5.74, 6) is -1.02. The van der Waals surface area contributed by atoms with Crippen molar-refractivity contribution in [1.29, 1.82) is 0 Å². The Balaban J connectivity index is 1.84. The number of rotatable bonds is 8. The second-order valence-corrected chi connectivity index (χ2v) is 8.61. The van der Waals surface area contributed by atoms with E-state index in [2.05, 4.69) is 0 Å². The van der Waals surface area contributed by atoms with Crippen molar-refractivity contribution in [3.8, 4) is 11.5 Å². The topological polar surface area (TPSA) is 92.4 Å². The Morgan fingerprint density at radius 1 is 1.15 bits per heavy atom. The van der Waals surface area contributed by atoms with Crippen LogP contribution in [-0.4, -0.2) is 68.0 Å². The first kappa shape index (κ1) is 23.7. The fourth-order valence-electron chi connectivity index (χ4n) is 4.12. The lowest BCUT2D eigenvalue weighted by molar-refractivity contribution is -0.129. The minimum Gasteiger partial charge on any atom is -0.503 e. The molecule has 8 nitrogen and oxygen atoms in total. The number of nitrogens with zero attached hydrogens (tertiary/aromatic N) is 2. The molecule has 9 heteroatoms. The van der Waals surface area contributed by atoms with Crippen molar-refractivity contribution in [2.24, 2.45) is 0 Å². The highest BCUT2D eigenvalue weighted by Gasteiger charge is 2.45. The van der Waals surface area contributed by atoms with Gasteiger partial charge in [-0.2, -0.15) is 0 Å². The first-order valence-electron chi connectivity index (χ1n) is 10.6. The molecule has 0 aliphatic carbocycles. The summed E-state index contributed by atoms with van der Waals surface area (Å²) in [6.45, 7) is 0.825. The van der Waals surface area contributed by atoms with E-state index in [1.54, 1.807) is 36.4 Å². The molecule has 4 rings (SSSR count). The number of hydrogen-bond donors (Lipinski definition) is 1. The van der Waals surface area contributed by atoms with E-state index in [0.717, 1.165) is 0 Å². The van der Waals surface area contributed by atoms with Gasteiger partial charge in [-0.25, -0.2) is 0 Å². The molecule has 0 fully saturated rings. The molecule has 0 saturated carbocycles. The van der Waals surface area contributed by atoms with E-state index in [1.807, 2.05) is 19.0 Å². The molecule has 1 aromatic heterocycles. The van der Waals surface area contributed by atoms with E-state index in [9.17, 15) is 14.7 Å². The summed E-state index contributed by atoms with van der Waals surface area (Å²) in [4.78, 5) is 30.2. The van der Waals surface area contributed by atoms with Crippen LogP contribution in [-0.2, 0) is 4.79 Å². The molecule has 2 aromatic carbocycles. The van der Waals surface area contributed by atoms with Crippen LogP contribution in [0, 0.1) is 0 Å². The van der Waals surface area contributed by atoms with Crippen LogP contribution in [0.3, 0.4) is 0 Å². The predicted octanol–water partition coefficient (Wildman–Crippen LogP) is 4.24. The molecule has 1 unspecified atom stereocenters. The highest BCUT2D eigenvalue weighted by molar-refractivity contribution is 6.31. The summed E-state index contributed by atoms with van der Waals surface area (Å²) >= 11 is 6.15. The van der Waals surface area contributed by atoms with E-state index in [-0.39, 0.29) is 11.3 Å². The maximum atomic E-state index is 13.7. The maximum Gasteiger partial charge on any atom is 0.290 e. The zero-order chi connectivity index (χ0) is 24.6. The maximum absolute atomic E-state index is 13.7. The number of aliphatic hydroxyl groups excluding tert-OH is 1. The molecule has 0 spiro atoms. The highest BCUT2D eigenvalue weighted by Crippen LogP contribution is 2.43. The van der Waals surface area contributed by atoms with Gasteiger partial charge < -0.3 is 28.8 Å². The fourth-order valence-corrected chi connectivity index (χ4v) is 4.34. The molecular formula is C25H25ClN2O6. The Morgan fingerprint density at radius 2 is 1.85 bits per heavy atom. The van der Waals surface area contributed by atoms with Gasteiger partial charge in [0.25, 0.3) is 5.91 Å². The standard InChI is InChI=1S/C25H25ClN2O6/c1-27(2)9-10-28-21(16-7-5-6-8-17(16)32-3)20(23(30)25(28)31)22(29)18-12-14-11-15(26)13-19(33-4)24(14)34-18/h5-8,11-13,21,30H,9-10H2,1-4H3. The van der Waals surface area contributed by atoms with E-state index >= 15 is 0 Å². The summed E-state index contributed by atoms with van der Waals surface area (Å²) in [5.41, 5.74) is 0.858. The number of amides is 1. The zero-order valence-corrected chi connectivity index (χ0v) is 20.0. The van der Waals surface area contributed by atoms with Crippen LogP contribution in [0.25, 0.3) is 11.0 Å². The number of fused-ring (bicyclic) bond motifs is 1. The third-order valence-electron chi connectivity index (χ3n) is 5.76. The highest BCUT2D eigenvalue weighted by atomic mass is 35.5. The molecule has 2 heterocycles. The molecular weight excluding hydrogens is 460 g/mol. The monoisotopic (exact) mass is 484 g/mol. The minimum atomic E-state index is -0.852. The summed E-state index contributed by atoms with van der Waals surface area (Å²) in [6.07, 6.45) is 0. The lowest BCUT2D eigenvalue weighted by Gasteiger charge is -2.28. The molecule has 0 bridgehead atoms. The normalized spacial score (nSPS) is 16.1. The predicted molar refractivity (Wildman–Crippen MR) is 128 cm³/mol. The SMILES string of the molecule is COc1ccccc1C1C(C(=O)c2cc3cc(Cl)cc(OC)c3o2)=C(O)C(=O)N1CCN(C)C. The Kier molecular flexibility index (Phi) is 6.54. The van der Waals surface area contributed by atoms with Crippen LogP contribution >= 0.6 is 11.6 Å². The summed E-state index contributed by atoms with van der Waals surface area (Å²) in [7, 11) is 6.75. The van der Waals surface area contributed by atoms with Gasteiger partial charge in [-0.15, -0.1) is 0 Å². The van der Waals surface area contributed by atoms with Gasteiger partial charge in [0.1, 0.15) is 5.75 Å². The van der Waals surface area contributed by atoms with Crippen molar-refractivity contribution in [2.75, 3.05) is 41.4 Å². The van der Waals surface area contributed by atoms with E-state index in [1.165, 1.54) is 25.2 Å². The number of aliphatic hydroxyl groups is 1. The number of halogens is 1. The number of para-hydroxylation sites is 1. The molecule has 3 aromatic rings. The molecule has 0 saturated heterocycles. The minimum absolute atomic E-state index is 0.0423. The van der Waals surface area contributed by atoms with Gasteiger partial charge >= 0.3 is 0 Å². The van der Waals surface area contributed by atoms with Gasteiger partial charge in [-0.3, -0.25) is 9.59 Å². The zero-order valence-electron chi connectivity index (χ0n) is 19.3. The van der Waals surface area contributed by atoms with Gasteiger partial charge in [0.15, 0.2) is 22.9 Å². The van der Waals surface area contributed by atoms with Crippen molar-refractivity contribution >= 4 is 34.3 Å². The first-order chi connectivity index (χ1) is 16.3. The summed E-state index contributed by atoms with van der Waals surface area (Å²) < 4.78 is 16.7. The number of ketones is 1. The molecule has 34 heavy (non-hydrogen) atoms. The number of carbonyl (C=O) groups excluding carboxylic acids is 2. The number of benzene rings is 2. The van der Waals surface area contributed by atoms with Crippen LogP contribution in [0.2, 0.25) is 5.02 Å². The van der Waals surface area contributed by atoms with E-state index in [4.69, 9.17) is 25.5 Å². The van der Waals surface area contributed by atoms with Crippen molar-refractivity contribution in [1.82, 2.24) is 9.80 Å². The molecule has 1 amide bonds. The van der Waals surface area contributed by atoms with Crippen molar-refractivity contribution in [2.45, 2.75) is 6.04 Å². The smallest absolute Gasteiger partial charge is 0.290 e. The van der Waals surface area contributed by atoms with Crippen LogP contribution in [0.5, 0.6) is 11.5 Å². The second kappa shape index (κ2) is 9.40. The van der Waals surface area contributed by atoms with Gasteiger partial charge in [-0.05, 0) is 32.3 Å².